The molecule has 174 valence electrons. The number of carbonyl (C=O) groups excluding carboxylic acids is 1. The number of benzene rings is 2. The third-order valence-electron chi connectivity index (χ3n) is 6.33. The molecule has 0 aliphatic carbocycles. The van der Waals surface area contributed by atoms with Crippen LogP contribution < -0.4 is 14.8 Å². The maximum absolute atomic E-state index is 12.9. The zero-order chi connectivity index (χ0) is 23.2. The molecule has 7 nitrogen and oxygen atoms in total. The fourth-order valence-electron chi connectivity index (χ4n) is 4.18. The Morgan fingerprint density at radius 2 is 1.67 bits per heavy atom. The summed E-state index contributed by atoms with van der Waals surface area (Å²) in [6.45, 7) is 4.81. The number of rotatable bonds is 8. The first-order chi connectivity index (χ1) is 16.1. The number of likely N-dealkylation sites (tertiary alicyclic amines) is 1. The van der Waals surface area contributed by atoms with Gasteiger partial charge in [-0.05, 0) is 73.8 Å². The largest absolute Gasteiger partial charge is 0.497 e. The van der Waals surface area contributed by atoms with E-state index in [2.05, 4.69) is 34.4 Å². The lowest BCUT2D eigenvalue weighted by molar-refractivity contribution is 0.0904. The summed E-state index contributed by atoms with van der Waals surface area (Å²) in [5.41, 5.74) is 2.26. The van der Waals surface area contributed by atoms with Crippen molar-refractivity contribution in [1.29, 1.82) is 0 Å². The minimum absolute atomic E-state index is 0.0836. The zero-order valence-electron chi connectivity index (χ0n) is 19.4. The Kier molecular flexibility index (Phi) is 7.29. The normalized spacial score (nSPS) is 15.7. The third-order valence-corrected chi connectivity index (χ3v) is 6.33. The summed E-state index contributed by atoms with van der Waals surface area (Å²) in [6, 6.07) is 17.3. The number of aromatic nitrogens is 1. The molecule has 2 aromatic carbocycles. The molecule has 1 N–H and O–H groups in total. The summed E-state index contributed by atoms with van der Waals surface area (Å²) in [5.74, 6) is 2.61. The van der Waals surface area contributed by atoms with Crippen molar-refractivity contribution in [3.63, 3.8) is 0 Å². The predicted octanol–water partition coefficient (Wildman–Crippen LogP) is 4.56. The maximum atomic E-state index is 12.9. The van der Waals surface area contributed by atoms with E-state index in [0.29, 0.717) is 12.3 Å². The molecule has 1 atom stereocenters. The topological polar surface area (TPSA) is 76.8 Å². The van der Waals surface area contributed by atoms with Crippen LogP contribution in [0.3, 0.4) is 0 Å². The highest BCUT2D eigenvalue weighted by Crippen LogP contribution is 2.28. The van der Waals surface area contributed by atoms with Crippen LogP contribution in [0.5, 0.6) is 11.5 Å². The number of ether oxygens (including phenoxy) is 2. The Labute approximate surface area is 194 Å². The van der Waals surface area contributed by atoms with Crippen molar-refractivity contribution in [1.82, 2.24) is 15.4 Å². The van der Waals surface area contributed by atoms with Gasteiger partial charge in [-0.3, -0.25) is 9.69 Å². The van der Waals surface area contributed by atoms with Gasteiger partial charge >= 0.3 is 0 Å². The molecule has 0 spiro atoms. The minimum Gasteiger partial charge on any atom is -0.497 e. The summed E-state index contributed by atoms with van der Waals surface area (Å²) in [7, 11) is 3.28. The summed E-state index contributed by atoms with van der Waals surface area (Å²) < 4.78 is 15.9. The Bertz CT molecular complexity index is 1040. The summed E-state index contributed by atoms with van der Waals surface area (Å²) in [4.78, 5) is 15.3. The van der Waals surface area contributed by atoms with Crippen LogP contribution in [0.1, 0.15) is 41.9 Å². The number of nitrogens with zero attached hydrogens (tertiary/aromatic N) is 2. The van der Waals surface area contributed by atoms with E-state index in [1.807, 2.05) is 36.4 Å². The van der Waals surface area contributed by atoms with Gasteiger partial charge in [0.25, 0.3) is 5.91 Å². The lowest BCUT2D eigenvalue weighted by Crippen LogP contribution is -2.42. The fourth-order valence-corrected chi connectivity index (χ4v) is 4.18. The van der Waals surface area contributed by atoms with Crippen molar-refractivity contribution in [3.8, 4) is 22.8 Å². The molecular weight excluding hydrogens is 418 g/mol. The van der Waals surface area contributed by atoms with Gasteiger partial charge in [-0.1, -0.05) is 24.2 Å². The lowest BCUT2D eigenvalue weighted by Gasteiger charge is -2.37. The van der Waals surface area contributed by atoms with E-state index in [0.717, 1.165) is 54.5 Å². The summed E-state index contributed by atoms with van der Waals surface area (Å²) in [6.07, 6.45) is 2.32. The first-order valence-corrected chi connectivity index (χ1v) is 11.3. The Hall–Kier alpha value is -3.32. The number of nitrogens with one attached hydrogen (secondary N) is 1. The highest BCUT2D eigenvalue weighted by Gasteiger charge is 2.26. The molecule has 0 saturated carbocycles. The van der Waals surface area contributed by atoms with Gasteiger partial charge in [0, 0.05) is 18.2 Å². The van der Waals surface area contributed by atoms with Crippen molar-refractivity contribution in [2.45, 2.75) is 25.8 Å². The number of piperidine rings is 1. The minimum atomic E-state index is -0.248. The van der Waals surface area contributed by atoms with Crippen LogP contribution in [0.2, 0.25) is 0 Å². The van der Waals surface area contributed by atoms with Crippen molar-refractivity contribution in [2.75, 3.05) is 33.9 Å². The molecule has 7 heteroatoms. The highest BCUT2D eigenvalue weighted by atomic mass is 16.5. The molecule has 1 aliphatic heterocycles. The molecule has 1 aromatic heterocycles. The number of amides is 1. The first-order valence-electron chi connectivity index (χ1n) is 11.3. The fraction of sp³-hybridized carbons (Fsp3) is 0.385. The second-order valence-electron chi connectivity index (χ2n) is 8.52. The summed E-state index contributed by atoms with van der Waals surface area (Å²) >= 11 is 0. The Balaban J connectivity index is 1.45. The predicted molar refractivity (Wildman–Crippen MR) is 127 cm³/mol. The average molecular weight is 450 g/mol. The van der Waals surface area contributed by atoms with Crippen LogP contribution >= 0.6 is 0 Å². The number of hydrogen-bond acceptors (Lipinski definition) is 6. The second kappa shape index (κ2) is 10.5. The smallest absolute Gasteiger partial charge is 0.273 e. The van der Waals surface area contributed by atoms with Crippen LogP contribution in [0.15, 0.2) is 59.1 Å². The van der Waals surface area contributed by atoms with Crippen LogP contribution in [0.25, 0.3) is 11.3 Å². The van der Waals surface area contributed by atoms with Crippen molar-refractivity contribution < 1.29 is 18.8 Å². The molecule has 1 aliphatic rings. The van der Waals surface area contributed by atoms with E-state index < -0.39 is 0 Å². The van der Waals surface area contributed by atoms with Crippen LogP contribution in [0, 0.1) is 5.92 Å². The van der Waals surface area contributed by atoms with Crippen LogP contribution in [0.4, 0.5) is 0 Å². The lowest BCUT2D eigenvalue weighted by atomic mass is 9.95. The molecule has 4 rings (SSSR count). The first kappa shape index (κ1) is 22.9. The van der Waals surface area contributed by atoms with Crippen molar-refractivity contribution in [2.24, 2.45) is 5.92 Å². The molecule has 1 unspecified atom stereocenters. The molecule has 0 bridgehead atoms. The van der Waals surface area contributed by atoms with E-state index in [1.165, 1.54) is 0 Å². The van der Waals surface area contributed by atoms with E-state index in [9.17, 15) is 4.79 Å². The summed E-state index contributed by atoms with van der Waals surface area (Å²) in [5, 5.41) is 7.05. The number of carbonyl (C=O) groups is 1. The van der Waals surface area contributed by atoms with E-state index in [1.54, 1.807) is 20.3 Å². The standard InChI is InChI=1S/C26H31N3O4/c1-18-12-14-29(15-13-18)24(19-4-8-21(31-2)9-5-19)17-27-26(30)23-16-25(33-28-23)20-6-10-22(32-3)11-7-20/h4-11,16,18,24H,12-15,17H2,1-3H3,(H,27,30). The molecule has 1 saturated heterocycles. The molecular formula is C26H31N3O4. The average Bonchev–Trinajstić information content (AvgIpc) is 3.36. The maximum Gasteiger partial charge on any atom is 0.273 e. The second-order valence-corrected chi connectivity index (χ2v) is 8.52. The van der Waals surface area contributed by atoms with Gasteiger partial charge in [0.1, 0.15) is 11.5 Å². The molecule has 1 amide bonds. The van der Waals surface area contributed by atoms with E-state index in [-0.39, 0.29) is 17.6 Å². The van der Waals surface area contributed by atoms with E-state index in [4.69, 9.17) is 14.0 Å². The molecule has 1 fully saturated rings. The van der Waals surface area contributed by atoms with Gasteiger partial charge in [-0.2, -0.15) is 0 Å². The Morgan fingerprint density at radius 1 is 1.06 bits per heavy atom. The van der Waals surface area contributed by atoms with Gasteiger partial charge in [-0.15, -0.1) is 0 Å². The van der Waals surface area contributed by atoms with Gasteiger partial charge < -0.3 is 19.3 Å². The molecule has 0 radical (unpaired) electrons. The number of hydrogen-bond donors (Lipinski definition) is 1. The highest BCUT2D eigenvalue weighted by molar-refractivity contribution is 5.93. The van der Waals surface area contributed by atoms with Gasteiger partial charge in [0.2, 0.25) is 0 Å². The monoisotopic (exact) mass is 449 g/mol. The number of methoxy groups -OCH3 is 2. The van der Waals surface area contributed by atoms with Crippen LogP contribution in [-0.2, 0) is 0 Å². The quantitative estimate of drug-likeness (QED) is 0.543. The van der Waals surface area contributed by atoms with E-state index >= 15 is 0 Å². The van der Waals surface area contributed by atoms with Crippen molar-refractivity contribution >= 4 is 5.91 Å². The van der Waals surface area contributed by atoms with Crippen LogP contribution in [-0.4, -0.2) is 49.8 Å². The molecule has 33 heavy (non-hydrogen) atoms. The molecule has 2 heterocycles. The zero-order valence-corrected chi connectivity index (χ0v) is 19.4. The molecule has 3 aromatic rings. The van der Waals surface area contributed by atoms with Gasteiger partial charge in [0.05, 0.1) is 20.3 Å². The Morgan fingerprint density at radius 3 is 2.27 bits per heavy atom. The SMILES string of the molecule is COc1ccc(-c2cc(C(=O)NCC(c3ccc(OC)cc3)N3CCC(C)CC3)no2)cc1. The third kappa shape index (κ3) is 5.54. The van der Waals surface area contributed by atoms with Gasteiger partial charge in [0.15, 0.2) is 11.5 Å². The van der Waals surface area contributed by atoms with Crippen molar-refractivity contribution in [3.05, 3.63) is 65.9 Å². The van der Waals surface area contributed by atoms with Gasteiger partial charge in [-0.25, -0.2) is 0 Å².